The molecule has 0 unspecified atom stereocenters. The Hall–Kier alpha value is -0.850. The fourth-order valence-electron chi connectivity index (χ4n) is 1.56. The Morgan fingerprint density at radius 3 is 2.47 bits per heavy atom. The topological polar surface area (TPSA) is 24.1 Å². The van der Waals surface area contributed by atoms with Crippen LogP contribution >= 0.6 is 46.4 Å². The minimum atomic E-state index is 0.548. The van der Waals surface area contributed by atoms with E-state index in [4.69, 9.17) is 23.8 Å². The highest BCUT2D eigenvalue weighted by molar-refractivity contribution is 14.1. The minimum Gasteiger partial charge on any atom is -0.332 e. The summed E-state index contributed by atoms with van der Waals surface area (Å²) in [5.74, 6) is 0. The fraction of sp³-hybridized carbons (Fsp3) is 0.0714. The molecule has 0 spiro atoms. The third-order valence-corrected chi connectivity index (χ3v) is 3.95. The second kappa shape index (κ2) is 6.54. The first-order valence-electron chi connectivity index (χ1n) is 5.65. The molecular weight excluding hydrogens is 391 g/mol. The van der Waals surface area contributed by atoms with Crippen molar-refractivity contribution in [1.82, 2.24) is 0 Å². The number of nitrogens with one attached hydrogen (secondary N) is 2. The lowest BCUT2D eigenvalue weighted by Gasteiger charge is -2.13. The Balaban J connectivity index is 2.05. The van der Waals surface area contributed by atoms with Crippen molar-refractivity contribution in [2.45, 2.75) is 6.92 Å². The summed E-state index contributed by atoms with van der Waals surface area (Å²) in [6.45, 7) is 1.96. The van der Waals surface area contributed by atoms with Gasteiger partial charge in [-0.3, -0.25) is 0 Å². The van der Waals surface area contributed by atoms with E-state index in [1.54, 1.807) is 0 Å². The molecule has 0 aliphatic rings. The predicted octanol–water partition coefficient (Wildman–Crippen LogP) is 5.06. The average Bonchev–Trinajstić information content (AvgIpc) is 2.38. The molecule has 2 nitrogen and oxygen atoms in total. The number of halogens is 2. The van der Waals surface area contributed by atoms with Crippen LogP contribution in [0.1, 0.15) is 5.56 Å². The van der Waals surface area contributed by atoms with Crippen molar-refractivity contribution in [2.24, 2.45) is 0 Å². The molecular formula is C14H12ClIN2S. The van der Waals surface area contributed by atoms with Crippen molar-refractivity contribution in [1.29, 1.82) is 0 Å². The smallest absolute Gasteiger partial charge is 0.175 e. The summed E-state index contributed by atoms with van der Waals surface area (Å²) < 4.78 is 1.19. The minimum absolute atomic E-state index is 0.548. The van der Waals surface area contributed by atoms with Gasteiger partial charge in [0.25, 0.3) is 0 Å². The molecule has 0 heterocycles. The number of anilines is 2. The van der Waals surface area contributed by atoms with Crippen molar-refractivity contribution >= 4 is 62.9 Å². The van der Waals surface area contributed by atoms with Crippen LogP contribution < -0.4 is 10.6 Å². The average molecular weight is 403 g/mol. The zero-order chi connectivity index (χ0) is 13.8. The van der Waals surface area contributed by atoms with Crippen LogP contribution in [0.25, 0.3) is 0 Å². The summed E-state index contributed by atoms with van der Waals surface area (Å²) in [7, 11) is 0. The maximum atomic E-state index is 6.07. The summed E-state index contributed by atoms with van der Waals surface area (Å²) in [4.78, 5) is 0. The lowest BCUT2D eigenvalue weighted by atomic mass is 10.2. The molecule has 0 saturated heterocycles. The Morgan fingerprint density at radius 1 is 1.11 bits per heavy atom. The molecule has 5 heteroatoms. The number of hydrogen-bond donors (Lipinski definition) is 2. The van der Waals surface area contributed by atoms with Crippen LogP contribution in [-0.2, 0) is 0 Å². The largest absolute Gasteiger partial charge is 0.332 e. The molecule has 2 aromatic rings. The van der Waals surface area contributed by atoms with Crippen molar-refractivity contribution in [3.8, 4) is 0 Å². The fourth-order valence-corrected chi connectivity index (χ4v) is 2.32. The van der Waals surface area contributed by atoms with Crippen LogP contribution in [0, 0.1) is 10.5 Å². The number of benzene rings is 2. The van der Waals surface area contributed by atoms with Gasteiger partial charge in [-0.25, -0.2) is 0 Å². The van der Waals surface area contributed by atoms with Crippen molar-refractivity contribution in [3.63, 3.8) is 0 Å². The molecule has 0 aliphatic heterocycles. The second-order valence-corrected chi connectivity index (χ2v) is 6.06. The van der Waals surface area contributed by atoms with E-state index in [2.05, 4.69) is 33.2 Å². The van der Waals surface area contributed by atoms with Crippen LogP contribution in [0.3, 0.4) is 0 Å². The van der Waals surface area contributed by atoms with Crippen LogP contribution in [-0.4, -0.2) is 5.11 Å². The van der Waals surface area contributed by atoms with E-state index < -0.39 is 0 Å². The zero-order valence-electron chi connectivity index (χ0n) is 10.2. The SMILES string of the molecule is Cc1c(Cl)cccc1NC(=S)Nc1ccc(I)cc1. The van der Waals surface area contributed by atoms with Crippen LogP contribution in [0.4, 0.5) is 11.4 Å². The molecule has 0 amide bonds. The summed E-state index contributed by atoms with van der Waals surface area (Å²) in [5.41, 5.74) is 2.85. The number of rotatable bonds is 2. The van der Waals surface area contributed by atoms with Crippen LogP contribution in [0.2, 0.25) is 5.02 Å². The van der Waals surface area contributed by atoms with Gasteiger partial charge in [0.15, 0.2) is 5.11 Å². The number of hydrogen-bond acceptors (Lipinski definition) is 1. The molecule has 0 aromatic heterocycles. The molecule has 0 fully saturated rings. The second-order valence-electron chi connectivity index (χ2n) is 4.00. The summed E-state index contributed by atoms with van der Waals surface area (Å²) in [6.07, 6.45) is 0. The highest BCUT2D eigenvalue weighted by Gasteiger charge is 2.04. The quantitative estimate of drug-likeness (QED) is 0.542. The molecule has 0 bridgehead atoms. The van der Waals surface area contributed by atoms with Crippen molar-refractivity contribution in [3.05, 3.63) is 56.6 Å². The highest BCUT2D eigenvalue weighted by Crippen LogP contribution is 2.23. The molecule has 2 aromatic carbocycles. The molecule has 98 valence electrons. The van der Waals surface area contributed by atoms with E-state index in [1.165, 1.54) is 3.57 Å². The lowest BCUT2D eigenvalue weighted by Crippen LogP contribution is -2.19. The zero-order valence-corrected chi connectivity index (χ0v) is 13.9. The molecule has 2 rings (SSSR count). The predicted molar refractivity (Wildman–Crippen MR) is 95.2 cm³/mol. The van der Waals surface area contributed by atoms with E-state index in [0.29, 0.717) is 5.11 Å². The van der Waals surface area contributed by atoms with Crippen LogP contribution in [0.5, 0.6) is 0 Å². The normalized spacial score (nSPS) is 10.1. The molecule has 0 aliphatic carbocycles. The third-order valence-electron chi connectivity index (χ3n) is 2.62. The van der Waals surface area contributed by atoms with Crippen LogP contribution in [0.15, 0.2) is 42.5 Å². The summed E-state index contributed by atoms with van der Waals surface area (Å²) in [5, 5.41) is 7.56. The van der Waals surface area contributed by atoms with E-state index in [0.717, 1.165) is 22.0 Å². The molecule has 0 atom stereocenters. The monoisotopic (exact) mass is 402 g/mol. The van der Waals surface area contributed by atoms with Gasteiger partial charge in [-0.05, 0) is 83.7 Å². The molecule has 0 saturated carbocycles. The van der Waals surface area contributed by atoms with Gasteiger partial charge < -0.3 is 10.6 Å². The molecule has 2 N–H and O–H groups in total. The Bertz CT molecular complexity index is 599. The van der Waals surface area contributed by atoms with Gasteiger partial charge in [-0.15, -0.1) is 0 Å². The van der Waals surface area contributed by atoms with E-state index in [1.807, 2.05) is 49.4 Å². The Morgan fingerprint density at radius 2 is 1.79 bits per heavy atom. The van der Waals surface area contributed by atoms with E-state index in [9.17, 15) is 0 Å². The van der Waals surface area contributed by atoms with Gasteiger partial charge in [0.05, 0.1) is 0 Å². The van der Waals surface area contributed by atoms with Gasteiger partial charge in [-0.1, -0.05) is 17.7 Å². The third kappa shape index (κ3) is 4.06. The summed E-state index contributed by atoms with van der Waals surface area (Å²) in [6, 6.07) is 13.7. The van der Waals surface area contributed by atoms with E-state index >= 15 is 0 Å². The first-order chi connectivity index (χ1) is 9.06. The number of thiocarbonyl (C=S) groups is 1. The van der Waals surface area contributed by atoms with Gasteiger partial charge in [0.2, 0.25) is 0 Å². The lowest BCUT2D eigenvalue weighted by molar-refractivity contribution is 1.45. The van der Waals surface area contributed by atoms with Crippen molar-refractivity contribution in [2.75, 3.05) is 10.6 Å². The maximum Gasteiger partial charge on any atom is 0.175 e. The maximum absolute atomic E-state index is 6.07. The first-order valence-corrected chi connectivity index (χ1v) is 7.51. The van der Waals surface area contributed by atoms with E-state index in [-0.39, 0.29) is 0 Å². The Labute approximate surface area is 136 Å². The van der Waals surface area contributed by atoms with Gasteiger partial charge in [0, 0.05) is 20.0 Å². The molecule has 0 radical (unpaired) electrons. The molecule has 19 heavy (non-hydrogen) atoms. The Kier molecular flexibility index (Phi) is 5.01. The van der Waals surface area contributed by atoms with Crippen molar-refractivity contribution < 1.29 is 0 Å². The highest BCUT2D eigenvalue weighted by atomic mass is 127. The summed E-state index contributed by atoms with van der Waals surface area (Å²) >= 11 is 13.6. The van der Waals surface area contributed by atoms with Gasteiger partial charge in [-0.2, -0.15) is 0 Å². The first kappa shape index (κ1) is 14.6. The van der Waals surface area contributed by atoms with Gasteiger partial charge >= 0.3 is 0 Å². The standard InChI is InChI=1S/C14H12ClIN2S/c1-9-12(15)3-2-4-13(9)18-14(19)17-11-7-5-10(16)6-8-11/h2-8H,1H3,(H2,17,18,19). The van der Waals surface area contributed by atoms with Gasteiger partial charge in [0.1, 0.15) is 0 Å².